The highest BCUT2D eigenvalue weighted by Crippen LogP contribution is 2.48. The van der Waals surface area contributed by atoms with Gasteiger partial charge in [-0.1, -0.05) is 30.3 Å². The van der Waals surface area contributed by atoms with Crippen LogP contribution in [0.2, 0.25) is 0 Å². The average Bonchev–Trinajstić information content (AvgIpc) is 3.01. The Kier molecular flexibility index (Phi) is 5.41. The van der Waals surface area contributed by atoms with Crippen LogP contribution in [0.3, 0.4) is 0 Å². The molecule has 4 rings (SSSR count). The number of hydrogen-bond donors (Lipinski definition) is 3. The first-order valence-electron chi connectivity index (χ1n) is 8.98. The second-order valence-corrected chi connectivity index (χ2v) is 9.17. The minimum absolute atomic E-state index is 0.0180. The number of benzene rings is 1. The van der Waals surface area contributed by atoms with Gasteiger partial charge in [0, 0.05) is 11.5 Å². The number of aliphatic hydroxyl groups is 1. The molecular weight excluding hydrogens is 352 g/mol. The summed E-state index contributed by atoms with van der Waals surface area (Å²) in [7, 11) is 0. The predicted octanol–water partition coefficient (Wildman–Crippen LogP) is 3.02. The summed E-state index contributed by atoms with van der Waals surface area (Å²) in [6.45, 7) is 0. The van der Waals surface area contributed by atoms with E-state index >= 15 is 0 Å². The van der Waals surface area contributed by atoms with Crippen molar-refractivity contribution in [3.05, 3.63) is 46.4 Å². The van der Waals surface area contributed by atoms with E-state index in [9.17, 15) is 9.90 Å². The molecule has 25 heavy (non-hydrogen) atoms. The van der Waals surface area contributed by atoms with Crippen molar-refractivity contribution in [2.75, 3.05) is 11.5 Å². The first-order valence-corrected chi connectivity index (χ1v) is 11.0. The Morgan fingerprint density at radius 1 is 1.24 bits per heavy atom. The first kappa shape index (κ1) is 17.5. The van der Waals surface area contributed by atoms with Crippen molar-refractivity contribution in [3.63, 3.8) is 0 Å². The summed E-state index contributed by atoms with van der Waals surface area (Å²) in [6, 6.07) is 9.73. The van der Waals surface area contributed by atoms with Crippen LogP contribution < -0.4 is 10.6 Å². The number of carbonyl (C=O) groups excluding carboxylic acids is 1. The van der Waals surface area contributed by atoms with E-state index < -0.39 is 6.10 Å². The van der Waals surface area contributed by atoms with E-state index in [-0.39, 0.29) is 23.4 Å². The summed E-state index contributed by atoms with van der Waals surface area (Å²) in [5.41, 5.74) is 2.33. The minimum Gasteiger partial charge on any atom is -0.388 e. The van der Waals surface area contributed by atoms with Crippen LogP contribution in [0, 0.1) is 5.92 Å². The van der Waals surface area contributed by atoms with Crippen LogP contribution in [0.5, 0.6) is 0 Å². The number of amides is 1. The van der Waals surface area contributed by atoms with Gasteiger partial charge in [0.05, 0.1) is 23.6 Å². The van der Waals surface area contributed by atoms with Crippen molar-refractivity contribution < 1.29 is 9.90 Å². The molecule has 3 aliphatic rings. The molecule has 1 fully saturated rings. The van der Waals surface area contributed by atoms with Crippen LogP contribution in [0.4, 0.5) is 0 Å². The van der Waals surface area contributed by atoms with Gasteiger partial charge in [-0.15, -0.1) is 11.8 Å². The van der Waals surface area contributed by atoms with Gasteiger partial charge in [0.25, 0.3) is 0 Å². The fourth-order valence-electron chi connectivity index (χ4n) is 3.85. The molecule has 134 valence electrons. The number of hydrogen-bond acceptors (Lipinski definition) is 5. The summed E-state index contributed by atoms with van der Waals surface area (Å²) in [4.78, 5) is 14.1. The molecule has 2 aliphatic heterocycles. The zero-order valence-corrected chi connectivity index (χ0v) is 15.7. The van der Waals surface area contributed by atoms with E-state index in [4.69, 9.17) is 0 Å². The van der Waals surface area contributed by atoms with Crippen LogP contribution in [0.15, 0.2) is 40.8 Å². The van der Waals surface area contributed by atoms with Crippen molar-refractivity contribution >= 4 is 29.4 Å². The summed E-state index contributed by atoms with van der Waals surface area (Å²) >= 11 is 3.55. The van der Waals surface area contributed by atoms with Crippen LogP contribution in [0.25, 0.3) is 0 Å². The SMILES string of the molecule is O=C1NC(CSCC(O)c2ccccc2)NC2SC3=C(CCCC3)C12. The van der Waals surface area contributed by atoms with Crippen molar-refractivity contribution in [1.82, 2.24) is 10.6 Å². The lowest BCUT2D eigenvalue weighted by atomic mass is 9.87. The van der Waals surface area contributed by atoms with E-state index in [1.807, 2.05) is 42.1 Å². The zero-order chi connectivity index (χ0) is 17.2. The first-order chi connectivity index (χ1) is 12.2. The van der Waals surface area contributed by atoms with Gasteiger partial charge >= 0.3 is 0 Å². The molecule has 0 saturated carbocycles. The molecule has 4 atom stereocenters. The Hall–Kier alpha value is -0.950. The molecule has 0 radical (unpaired) electrons. The standard InChI is InChI=1S/C19H24N2O2S2/c22-14(12-6-2-1-3-7-12)10-24-11-16-20-18(23)17-13-8-4-5-9-15(13)25-19(17)21-16/h1-3,6-7,14,16-17,19,21-22H,4-5,8-11H2,(H,20,23). The predicted molar refractivity (Wildman–Crippen MR) is 104 cm³/mol. The van der Waals surface area contributed by atoms with Crippen LogP contribution in [-0.4, -0.2) is 34.1 Å². The number of carbonyl (C=O) groups is 1. The Morgan fingerprint density at radius 3 is 2.88 bits per heavy atom. The van der Waals surface area contributed by atoms with Gasteiger partial charge in [-0.3, -0.25) is 10.1 Å². The lowest BCUT2D eigenvalue weighted by molar-refractivity contribution is -0.126. The van der Waals surface area contributed by atoms with Gasteiger partial charge in [0.1, 0.15) is 0 Å². The third-order valence-electron chi connectivity index (χ3n) is 5.11. The van der Waals surface area contributed by atoms with Crippen molar-refractivity contribution in [2.45, 2.75) is 43.3 Å². The van der Waals surface area contributed by atoms with Gasteiger partial charge < -0.3 is 10.4 Å². The Balaban J connectivity index is 1.29. The van der Waals surface area contributed by atoms with E-state index in [0.717, 1.165) is 24.2 Å². The monoisotopic (exact) mass is 376 g/mol. The Bertz CT molecular complexity index is 665. The van der Waals surface area contributed by atoms with E-state index in [2.05, 4.69) is 10.6 Å². The largest absolute Gasteiger partial charge is 0.388 e. The number of rotatable bonds is 5. The van der Waals surface area contributed by atoms with Gasteiger partial charge in [-0.2, -0.15) is 11.8 Å². The highest BCUT2D eigenvalue weighted by molar-refractivity contribution is 8.04. The summed E-state index contributed by atoms with van der Waals surface area (Å²) in [5.74, 6) is 1.60. The second-order valence-electron chi connectivity index (χ2n) is 6.86. The molecular formula is C19H24N2O2S2. The summed E-state index contributed by atoms with van der Waals surface area (Å²) < 4.78 is 0. The molecule has 4 nitrogen and oxygen atoms in total. The average molecular weight is 377 g/mol. The molecule has 0 spiro atoms. The van der Waals surface area contributed by atoms with E-state index in [0.29, 0.717) is 5.75 Å². The molecule has 4 unspecified atom stereocenters. The van der Waals surface area contributed by atoms with Gasteiger partial charge in [-0.05, 0) is 41.7 Å². The second kappa shape index (κ2) is 7.74. The van der Waals surface area contributed by atoms with Gasteiger partial charge in [0.15, 0.2) is 0 Å². The van der Waals surface area contributed by atoms with Crippen LogP contribution in [-0.2, 0) is 4.79 Å². The summed E-state index contributed by atoms with van der Waals surface area (Å²) in [5, 5.41) is 17.2. The topological polar surface area (TPSA) is 61.4 Å². The number of allylic oxidation sites excluding steroid dienone is 1. The molecule has 1 saturated heterocycles. The maximum atomic E-state index is 12.6. The van der Waals surface area contributed by atoms with Crippen LogP contribution in [0.1, 0.15) is 37.4 Å². The normalized spacial score (nSPS) is 29.8. The van der Waals surface area contributed by atoms with Gasteiger partial charge in [0.2, 0.25) is 5.91 Å². The Labute approximate surface area is 157 Å². The fraction of sp³-hybridized carbons (Fsp3) is 0.526. The van der Waals surface area contributed by atoms with Crippen molar-refractivity contribution in [2.24, 2.45) is 5.92 Å². The van der Waals surface area contributed by atoms with Crippen molar-refractivity contribution in [1.29, 1.82) is 0 Å². The number of nitrogens with one attached hydrogen (secondary N) is 2. The molecule has 3 N–H and O–H groups in total. The third kappa shape index (κ3) is 3.77. The number of thioether (sulfide) groups is 2. The Morgan fingerprint density at radius 2 is 2.04 bits per heavy atom. The highest BCUT2D eigenvalue weighted by Gasteiger charge is 2.44. The lowest BCUT2D eigenvalue weighted by Crippen LogP contribution is -2.60. The molecule has 1 aromatic carbocycles. The maximum Gasteiger partial charge on any atom is 0.230 e. The van der Waals surface area contributed by atoms with E-state index in [1.54, 1.807) is 11.8 Å². The van der Waals surface area contributed by atoms with Gasteiger partial charge in [-0.25, -0.2) is 0 Å². The molecule has 1 aromatic rings. The molecule has 1 aliphatic carbocycles. The highest BCUT2D eigenvalue weighted by atomic mass is 32.2. The number of fused-ring (bicyclic) bond motifs is 2. The summed E-state index contributed by atoms with van der Waals surface area (Å²) in [6.07, 6.45) is 4.21. The lowest BCUT2D eigenvalue weighted by Gasteiger charge is -2.34. The molecule has 0 bridgehead atoms. The molecule has 6 heteroatoms. The van der Waals surface area contributed by atoms with Crippen molar-refractivity contribution in [3.8, 4) is 0 Å². The fourth-order valence-corrected chi connectivity index (χ4v) is 6.43. The molecule has 1 amide bonds. The number of aliphatic hydroxyl groups excluding tert-OH is 1. The quantitative estimate of drug-likeness (QED) is 0.737. The molecule has 0 aromatic heterocycles. The maximum absolute atomic E-state index is 12.6. The zero-order valence-electron chi connectivity index (χ0n) is 14.1. The van der Waals surface area contributed by atoms with Crippen LogP contribution >= 0.6 is 23.5 Å². The smallest absolute Gasteiger partial charge is 0.230 e. The van der Waals surface area contributed by atoms with E-state index in [1.165, 1.54) is 23.3 Å². The minimum atomic E-state index is -0.465. The molecule has 2 heterocycles. The third-order valence-corrected chi connectivity index (χ3v) is 7.65.